The minimum absolute atomic E-state index is 0.113. The number of carbonyl (C=O) groups excluding carboxylic acids is 1. The number of anilines is 1. The van der Waals surface area contributed by atoms with Crippen molar-refractivity contribution in [1.82, 2.24) is 10.2 Å². The number of nitrogens with zero attached hydrogens (tertiary/aromatic N) is 2. The van der Waals surface area contributed by atoms with E-state index in [1.165, 1.54) is 0 Å². The molecule has 0 aliphatic carbocycles. The van der Waals surface area contributed by atoms with Crippen LogP contribution in [0.3, 0.4) is 0 Å². The third kappa shape index (κ3) is 2.65. The van der Waals surface area contributed by atoms with E-state index in [-0.39, 0.29) is 11.9 Å². The molecule has 1 aliphatic heterocycles. The maximum atomic E-state index is 13.1. The number of carbonyl (C=O) groups is 1. The lowest BCUT2D eigenvalue weighted by molar-refractivity contribution is 0.0988. The van der Waals surface area contributed by atoms with Gasteiger partial charge < -0.3 is 9.47 Å². The SMILES string of the molecule is COc1ccc([C@@H]2c3c(n[nH]c3C)C(=O)N2c2ccc(C)cc2)cc1OC. The average molecular weight is 363 g/mol. The molecule has 0 fully saturated rings. The summed E-state index contributed by atoms with van der Waals surface area (Å²) in [6.45, 7) is 3.96. The molecule has 6 nitrogen and oxygen atoms in total. The summed E-state index contributed by atoms with van der Waals surface area (Å²) in [5, 5.41) is 7.20. The van der Waals surface area contributed by atoms with Crippen LogP contribution in [0.25, 0.3) is 0 Å². The van der Waals surface area contributed by atoms with Gasteiger partial charge in [-0.2, -0.15) is 5.10 Å². The molecule has 0 spiro atoms. The van der Waals surface area contributed by atoms with E-state index in [9.17, 15) is 4.79 Å². The van der Waals surface area contributed by atoms with Crippen molar-refractivity contribution in [1.29, 1.82) is 0 Å². The Morgan fingerprint density at radius 1 is 1.00 bits per heavy atom. The molecule has 0 saturated heterocycles. The summed E-state index contributed by atoms with van der Waals surface area (Å²) >= 11 is 0. The molecule has 1 aromatic heterocycles. The Hall–Kier alpha value is -3.28. The van der Waals surface area contributed by atoms with E-state index in [0.29, 0.717) is 17.2 Å². The summed E-state index contributed by atoms with van der Waals surface area (Å²) < 4.78 is 10.8. The smallest absolute Gasteiger partial charge is 0.279 e. The van der Waals surface area contributed by atoms with Gasteiger partial charge in [-0.15, -0.1) is 0 Å². The normalized spacial score (nSPS) is 15.8. The van der Waals surface area contributed by atoms with Crippen molar-refractivity contribution in [3.05, 3.63) is 70.5 Å². The number of hydrogen-bond donors (Lipinski definition) is 1. The van der Waals surface area contributed by atoms with Crippen molar-refractivity contribution in [3.8, 4) is 11.5 Å². The number of aryl methyl sites for hydroxylation is 2. The van der Waals surface area contributed by atoms with Gasteiger partial charge in [0.2, 0.25) is 0 Å². The lowest BCUT2D eigenvalue weighted by Crippen LogP contribution is -2.29. The fourth-order valence-electron chi connectivity index (χ4n) is 3.61. The fraction of sp³-hybridized carbons (Fsp3) is 0.238. The number of aromatic amines is 1. The number of H-pyrrole nitrogens is 1. The van der Waals surface area contributed by atoms with Gasteiger partial charge in [-0.25, -0.2) is 0 Å². The van der Waals surface area contributed by atoms with E-state index < -0.39 is 0 Å². The number of fused-ring (bicyclic) bond motifs is 1. The number of nitrogens with one attached hydrogen (secondary N) is 1. The molecule has 2 aromatic carbocycles. The number of hydrogen-bond acceptors (Lipinski definition) is 4. The minimum atomic E-state index is -0.284. The molecule has 6 heteroatoms. The van der Waals surface area contributed by atoms with E-state index >= 15 is 0 Å². The molecule has 4 rings (SSSR count). The maximum absolute atomic E-state index is 13.1. The van der Waals surface area contributed by atoms with Crippen molar-refractivity contribution in [2.45, 2.75) is 19.9 Å². The molecule has 2 heterocycles. The van der Waals surface area contributed by atoms with Crippen LogP contribution < -0.4 is 14.4 Å². The molecular formula is C21H21N3O3. The zero-order chi connectivity index (χ0) is 19.1. The van der Waals surface area contributed by atoms with Gasteiger partial charge in [0.25, 0.3) is 5.91 Å². The van der Waals surface area contributed by atoms with Gasteiger partial charge in [0.1, 0.15) is 0 Å². The van der Waals surface area contributed by atoms with Crippen molar-refractivity contribution in [3.63, 3.8) is 0 Å². The predicted molar refractivity (Wildman–Crippen MR) is 103 cm³/mol. The van der Waals surface area contributed by atoms with E-state index in [2.05, 4.69) is 10.2 Å². The minimum Gasteiger partial charge on any atom is -0.493 e. The standard InChI is InChI=1S/C21H21N3O3/c1-12-5-8-15(9-6-12)24-20(18-13(2)22-23-19(18)21(24)25)14-7-10-16(26-3)17(11-14)27-4/h5-11,20H,1-4H3,(H,22,23)/t20-/m1/s1. The Balaban J connectivity index is 1.89. The Bertz CT molecular complexity index is 1010. The van der Waals surface area contributed by atoms with Gasteiger partial charge in [0.05, 0.1) is 20.3 Å². The highest BCUT2D eigenvalue weighted by Crippen LogP contribution is 2.44. The van der Waals surface area contributed by atoms with Crippen LogP contribution in [-0.2, 0) is 0 Å². The molecule has 0 unspecified atom stereocenters. The molecule has 27 heavy (non-hydrogen) atoms. The van der Waals surface area contributed by atoms with Crippen molar-refractivity contribution in [2.75, 3.05) is 19.1 Å². The molecule has 0 radical (unpaired) electrons. The van der Waals surface area contributed by atoms with Crippen LogP contribution in [0.15, 0.2) is 42.5 Å². The Morgan fingerprint density at radius 3 is 2.37 bits per heavy atom. The van der Waals surface area contributed by atoms with Gasteiger partial charge in [0, 0.05) is 16.9 Å². The number of benzene rings is 2. The predicted octanol–water partition coefficient (Wildman–Crippen LogP) is 3.79. The van der Waals surface area contributed by atoms with Gasteiger partial charge >= 0.3 is 0 Å². The van der Waals surface area contributed by atoms with Crippen molar-refractivity contribution >= 4 is 11.6 Å². The summed E-state index contributed by atoms with van der Waals surface area (Å²) in [6, 6.07) is 13.4. The summed E-state index contributed by atoms with van der Waals surface area (Å²) in [5.41, 5.74) is 5.16. The third-order valence-corrected chi connectivity index (χ3v) is 4.98. The second-order valence-electron chi connectivity index (χ2n) is 6.64. The summed E-state index contributed by atoms with van der Waals surface area (Å²) in [7, 11) is 3.21. The van der Waals surface area contributed by atoms with E-state index in [1.54, 1.807) is 19.1 Å². The molecule has 0 saturated carbocycles. The number of aromatic nitrogens is 2. The monoisotopic (exact) mass is 363 g/mol. The molecule has 1 amide bonds. The molecule has 0 bridgehead atoms. The summed E-state index contributed by atoms with van der Waals surface area (Å²) in [6.07, 6.45) is 0. The van der Waals surface area contributed by atoms with Crippen LogP contribution in [0.1, 0.15) is 38.9 Å². The molecule has 3 aromatic rings. The van der Waals surface area contributed by atoms with Gasteiger partial charge in [-0.1, -0.05) is 23.8 Å². The van der Waals surface area contributed by atoms with Crippen molar-refractivity contribution < 1.29 is 14.3 Å². The fourth-order valence-corrected chi connectivity index (χ4v) is 3.61. The molecular weight excluding hydrogens is 342 g/mol. The first-order chi connectivity index (χ1) is 13.0. The molecule has 1 aliphatic rings. The third-order valence-electron chi connectivity index (χ3n) is 4.98. The first kappa shape index (κ1) is 17.1. The van der Waals surface area contributed by atoms with Crippen LogP contribution in [0, 0.1) is 13.8 Å². The zero-order valence-electron chi connectivity index (χ0n) is 15.7. The second-order valence-corrected chi connectivity index (χ2v) is 6.64. The van der Waals surface area contributed by atoms with Crippen LogP contribution in [0.4, 0.5) is 5.69 Å². The van der Waals surface area contributed by atoms with E-state index in [1.807, 2.05) is 56.3 Å². The number of rotatable bonds is 4. The van der Waals surface area contributed by atoms with Crippen molar-refractivity contribution in [2.24, 2.45) is 0 Å². The lowest BCUT2D eigenvalue weighted by Gasteiger charge is -2.27. The highest BCUT2D eigenvalue weighted by atomic mass is 16.5. The summed E-state index contributed by atoms with van der Waals surface area (Å²) in [5.74, 6) is 1.16. The Labute approximate surface area is 157 Å². The Kier molecular flexibility index (Phi) is 4.11. The topological polar surface area (TPSA) is 67.5 Å². The number of amides is 1. The van der Waals surface area contributed by atoms with E-state index in [4.69, 9.17) is 9.47 Å². The van der Waals surface area contributed by atoms with E-state index in [0.717, 1.165) is 28.1 Å². The van der Waals surface area contributed by atoms with Crippen LogP contribution in [-0.4, -0.2) is 30.3 Å². The maximum Gasteiger partial charge on any atom is 0.279 e. The molecule has 1 N–H and O–H groups in total. The quantitative estimate of drug-likeness (QED) is 0.766. The van der Waals surface area contributed by atoms with Gasteiger partial charge in [-0.3, -0.25) is 14.8 Å². The molecule has 1 atom stereocenters. The lowest BCUT2D eigenvalue weighted by atomic mass is 9.98. The average Bonchev–Trinajstić information content (AvgIpc) is 3.20. The number of methoxy groups -OCH3 is 2. The first-order valence-electron chi connectivity index (χ1n) is 8.72. The number of ether oxygens (including phenoxy) is 2. The Morgan fingerprint density at radius 2 is 1.70 bits per heavy atom. The van der Waals surface area contributed by atoms with Gasteiger partial charge in [0.15, 0.2) is 17.2 Å². The van der Waals surface area contributed by atoms with Crippen LogP contribution in [0.5, 0.6) is 11.5 Å². The molecule has 138 valence electrons. The van der Waals surface area contributed by atoms with Crippen LogP contribution >= 0.6 is 0 Å². The highest BCUT2D eigenvalue weighted by Gasteiger charge is 2.42. The first-order valence-corrected chi connectivity index (χ1v) is 8.72. The zero-order valence-corrected chi connectivity index (χ0v) is 15.7. The highest BCUT2D eigenvalue weighted by molar-refractivity contribution is 6.10. The largest absolute Gasteiger partial charge is 0.493 e. The second kappa shape index (κ2) is 6.46. The van der Waals surface area contributed by atoms with Gasteiger partial charge in [-0.05, 0) is 43.7 Å². The summed E-state index contributed by atoms with van der Waals surface area (Å²) in [4.78, 5) is 14.9. The van der Waals surface area contributed by atoms with Crippen LogP contribution in [0.2, 0.25) is 0 Å².